The summed E-state index contributed by atoms with van der Waals surface area (Å²) in [6.45, 7) is 8.18. The SMILES string of the molecule is CCN1CCN(C(=O)C(=O)Nc2ccc(N3CCCC3)cc2)CC1. The summed E-state index contributed by atoms with van der Waals surface area (Å²) in [6, 6.07) is 7.75. The van der Waals surface area contributed by atoms with Crippen molar-refractivity contribution in [3.8, 4) is 0 Å². The summed E-state index contributed by atoms with van der Waals surface area (Å²) >= 11 is 0. The third-order valence-corrected chi connectivity index (χ3v) is 4.90. The van der Waals surface area contributed by atoms with Crippen LogP contribution in [0.1, 0.15) is 19.8 Å². The van der Waals surface area contributed by atoms with Gasteiger partial charge >= 0.3 is 11.8 Å². The van der Waals surface area contributed by atoms with Crippen molar-refractivity contribution in [1.29, 1.82) is 0 Å². The molecule has 2 heterocycles. The Morgan fingerprint density at radius 2 is 1.58 bits per heavy atom. The molecule has 0 aromatic heterocycles. The summed E-state index contributed by atoms with van der Waals surface area (Å²) in [7, 11) is 0. The van der Waals surface area contributed by atoms with Gasteiger partial charge in [0.25, 0.3) is 0 Å². The molecule has 0 saturated carbocycles. The van der Waals surface area contributed by atoms with Gasteiger partial charge in [0.2, 0.25) is 0 Å². The number of carbonyl (C=O) groups excluding carboxylic acids is 2. The van der Waals surface area contributed by atoms with Gasteiger partial charge in [0.15, 0.2) is 0 Å². The molecule has 2 amide bonds. The van der Waals surface area contributed by atoms with Crippen LogP contribution in [0.5, 0.6) is 0 Å². The molecule has 2 aliphatic rings. The van der Waals surface area contributed by atoms with E-state index >= 15 is 0 Å². The van der Waals surface area contributed by atoms with Crippen LogP contribution in [0.2, 0.25) is 0 Å². The average Bonchev–Trinajstić information content (AvgIpc) is 3.16. The van der Waals surface area contributed by atoms with Crippen LogP contribution in [0, 0.1) is 0 Å². The first-order valence-corrected chi connectivity index (χ1v) is 8.85. The second-order valence-corrected chi connectivity index (χ2v) is 6.42. The zero-order valence-corrected chi connectivity index (χ0v) is 14.3. The molecule has 24 heavy (non-hydrogen) atoms. The van der Waals surface area contributed by atoms with Gasteiger partial charge in [-0.3, -0.25) is 9.59 Å². The van der Waals surface area contributed by atoms with Gasteiger partial charge in [-0.15, -0.1) is 0 Å². The monoisotopic (exact) mass is 330 g/mol. The lowest BCUT2D eigenvalue weighted by molar-refractivity contribution is -0.144. The molecular formula is C18H26N4O2. The minimum Gasteiger partial charge on any atom is -0.372 e. The van der Waals surface area contributed by atoms with E-state index < -0.39 is 11.8 Å². The Morgan fingerprint density at radius 3 is 2.17 bits per heavy atom. The molecule has 0 radical (unpaired) electrons. The Morgan fingerprint density at radius 1 is 0.958 bits per heavy atom. The van der Waals surface area contributed by atoms with Crippen molar-refractivity contribution < 1.29 is 9.59 Å². The van der Waals surface area contributed by atoms with Gasteiger partial charge in [0, 0.05) is 50.6 Å². The van der Waals surface area contributed by atoms with Gasteiger partial charge in [-0.05, 0) is 43.7 Å². The summed E-state index contributed by atoms with van der Waals surface area (Å²) in [5.41, 5.74) is 1.84. The minimum atomic E-state index is -0.547. The van der Waals surface area contributed by atoms with Gasteiger partial charge in [-0.1, -0.05) is 6.92 Å². The molecule has 6 nitrogen and oxygen atoms in total. The summed E-state index contributed by atoms with van der Waals surface area (Å²) in [5.74, 6) is -0.983. The minimum absolute atomic E-state index is 0.436. The number of likely N-dealkylation sites (N-methyl/N-ethyl adjacent to an activating group) is 1. The molecule has 0 unspecified atom stereocenters. The molecule has 130 valence electrons. The second kappa shape index (κ2) is 7.66. The number of benzene rings is 1. The van der Waals surface area contributed by atoms with Crippen LogP contribution in [0.3, 0.4) is 0 Å². The van der Waals surface area contributed by atoms with Crippen LogP contribution < -0.4 is 10.2 Å². The smallest absolute Gasteiger partial charge is 0.313 e. The Bertz CT molecular complexity index is 573. The molecule has 2 saturated heterocycles. The van der Waals surface area contributed by atoms with Crippen LogP contribution >= 0.6 is 0 Å². The molecule has 1 N–H and O–H groups in total. The van der Waals surface area contributed by atoms with Gasteiger partial charge in [-0.2, -0.15) is 0 Å². The molecule has 0 spiro atoms. The summed E-state index contributed by atoms with van der Waals surface area (Å²) in [5, 5.41) is 2.72. The Balaban J connectivity index is 1.53. The van der Waals surface area contributed by atoms with Crippen molar-refractivity contribution in [3.05, 3.63) is 24.3 Å². The van der Waals surface area contributed by atoms with E-state index in [0.717, 1.165) is 32.7 Å². The zero-order chi connectivity index (χ0) is 16.9. The van der Waals surface area contributed by atoms with Crippen molar-refractivity contribution >= 4 is 23.2 Å². The van der Waals surface area contributed by atoms with Crippen LogP contribution in [0.4, 0.5) is 11.4 Å². The molecule has 1 aromatic carbocycles. The standard InChI is InChI=1S/C18H26N4O2/c1-2-20-11-13-22(14-12-20)18(24)17(23)19-15-5-7-16(8-6-15)21-9-3-4-10-21/h5-8H,2-4,9-14H2,1H3,(H,19,23). The largest absolute Gasteiger partial charge is 0.372 e. The number of hydrogen-bond acceptors (Lipinski definition) is 4. The van der Waals surface area contributed by atoms with E-state index in [9.17, 15) is 9.59 Å². The maximum absolute atomic E-state index is 12.3. The van der Waals surface area contributed by atoms with Gasteiger partial charge in [-0.25, -0.2) is 0 Å². The molecule has 3 rings (SSSR count). The summed E-state index contributed by atoms with van der Waals surface area (Å²) in [4.78, 5) is 30.7. The topological polar surface area (TPSA) is 55.9 Å². The molecule has 0 atom stereocenters. The maximum Gasteiger partial charge on any atom is 0.313 e. The first-order chi connectivity index (χ1) is 11.7. The molecular weight excluding hydrogens is 304 g/mol. The van der Waals surface area contributed by atoms with Crippen molar-refractivity contribution in [1.82, 2.24) is 9.80 Å². The molecule has 2 fully saturated rings. The van der Waals surface area contributed by atoms with Gasteiger partial charge in [0.05, 0.1) is 0 Å². The fraction of sp³-hybridized carbons (Fsp3) is 0.556. The van der Waals surface area contributed by atoms with Gasteiger partial charge in [0.1, 0.15) is 0 Å². The fourth-order valence-electron chi connectivity index (χ4n) is 3.33. The van der Waals surface area contributed by atoms with Crippen LogP contribution in [-0.4, -0.2) is 67.4 Å². The molecule has 0 aliphatic carbocycles. The highest BCUT2D eigenvalue weighted by atomic mass is 16.2. The summed E-state index contributed by atoms with van der Waals surface area (Å²) in [6.07, 6.45) is 2.47. The molecule has 1 aromatic rings. The molecule has 2 aliphatic heterocycles. The first kappa shape index (κ1) is 16.8. The summed E-state index contributed by atoms with van der Waals surface area (Å²) < 4.78 is 0. The van der Waals surface area contributed by atoms with Crippen molar-refractivity contribution in [2.24, 2.45) is 0 Å². The third kappa shape index (κ3) is 3.87. The number of anilines is 2. The predicted octanol–water partition coefficient (Wildman–Crippen LogP) is 1.39. The molecule has 6 heteroatoms. The highest BCUT2D eigenvalue weighted by Gasteiger charge is 2.25. The van der Waals surface area contributed by atoms with Crippen molar-refractivity contribution in [2.45, 2.75) is 19.8 Å². The fourth-order valence-corrected chi connectivity index (χ4v) is 3.33. The van der Waals surface area contributed by atoms with E-state index in [4.69, 9.17) is 0 Å². The maximum atomic E-state index is 12.3. The molecule has 0 bridgehead atoms. The predicted molar refractivity (Wildman–Crippen MR) is 95.2 cm³/mol. The highest BCUT2D eigenvalue weighted by Crippen LogP contribution is 2.22. The van der Waals surface area contributed by atoms with Gasteiger partial charge < -0.3 is 20.0 Å². The Kier molecular flexibility index (Phi) is 5.35. The number of hydrogen-bond donors (Lipinski definition) is 1. The normalized spacial score (nSPS) is 18.7. The first-order valence-electron chi connectivity index (χ1n) is 8.85. The van der Waals surface area contributed by atoms with E-state index in [0.29, 0.717) is 18.8 Å². The van der Waals surface area contributed by atoms with Crippen LogP contribution in [-0.2, 0) is 9.59 Å². The number of piperazine rings is 1. The number of nitrogens with zero attached hydrogens (tertiary/aromatic N) is 3. The highest BCUT2D eigenvalue weighted by molar-refractivity contribution is 6.39. The third-order valence-electron chi connectivity index (χ3n) is 4.90. The number of carbonyl (C=O) groups is 2. The van der Waals surface area contributed by atoms with E-state index in [-0.39, 0.29) is 0 Å². The van der Waals surface area contributed by atoms with E-state index in [1.807, 2.05) is 24.3 Å². The van der Waals surface area contributed by atoms with Crippen LogP contribution in [0.15, 0.2) is 24.3 Å². The van der Waals surface area contributed by atoms with Crippen molar-refractivity contribution in [3.63, 3.8) is 0 Å². The van der Waals surface area contributed by atoms with E-state index in [1.165, 1.54) is 18.5 Å². The second-order valence-electron chi connectivity index (χ2n) is 6.42. The average molecular weight is 330 g/mol. The Hall–Kier alpha value is -2.08. The lowest BCUT2D eigenvalue weighted by Gasteiger charge is -2.33. The quantitative estimate of drug-likeness (QED) is 0.851. The number of nitrogens with one attached hydrogen (secondary N) is 1. The lowest BCUT2D eigenvalue weighted by Crippen LogP contribution is -2.51. The van der Waals surface area contributed by atoms with E-state index in [2.05, 4.69) is 22.0 Å². The van der Waals surface area contributed by atoms with Crippen LogP contribution in [0.25, 0.3) is 0 Å². The van der Waals surface area contributed by atoms with Crippen molar-refractivity contribution in [2.75, 3.05) is 56.0 Å². The lowest BCUT2D eigenvalue weighted by atomic mass is 10.2. The number of amides is 2. The Labute approximate surface area is 143 Å². The number of rotatable bonds is 3. The zero-order valence-electron chi connectivity index (χ0n) is 14.3. The van der Waals surface area contributed by atoms with E-state index in [1.54, 1.807) is 4.90 Å².